The number of nitrogens with zero attached hydrogens (tertiary/aromatic N) is 2. The molecule has 1 N–H and O–H groups in total. The minimum Gasteiger partial charge on any atom is -0.309 e. The van der Waals surface area contributed by atoms with E-state index in [0.717, 1.165) is 24.4 Å². The highest BCUT2D eigenvalue weighted by atomic mass is 15.3. The molecule has 3 heteroatoms. The molecule has 0 aliphatic rings. The first-order valence-corrected chi connectivity index (χ1v) is 7.49. The Morgan fingerprint density at radius 1 is 1.00 bits per heavy atom. The maximum Gasteiger partial charge on any atom is 0.0620 e. The zero-order valence-electron chi connectivity index (χ0n) is 13.2. The summed E-state index contributed by atoms with van der Waals surface area (Å²) < 4.78 is 0. The average molecular weight is 293 g/mol. The van der Waals surface area contributed by atoms with Gasteiger partial charge in [-0.3, -0.25) is 5.43 Å². The molecule has 0 fully saturated rings. The second kappa shape index (κ2) is 8.80. The predicted molar refractivity (Wildman–Crippen MR) is 96.1 cm³/mol. The molecule has 3 nitrogen and oxygen atoms in total. The molecule has 0 amide bonds. The Labute approximate surface area is 133 Å². The van der Waals surface area contributed by atoms with Crippen LogP contribution in [-0.2, 0) is 0 Å². The second-order valence-electron chi connectivity index (χ2n) is 5.38. The number of anilines is 1. The fourth-order valence-electron chi connectivity index (χ4n) is 1.92. The highest BCUT2D eigenvalue weighted by molar-refractivity contribution is 5.98. The van der Waals surface area contributed by atoms with Crippen molar-refractivity contribution in [1.29, 1.82) is 0 Å². The van der Waals surface area contributed by atoms with Gasteiger partial charge in [-0.1, -0.05) is 54.6 Å². The van der Waals surface area contributed by atoms with E-state index >= 15 is 0 Å². The highest BCUT2D eigenvalue weighted by Crippen LogP contribution is 2.07. The van der Waals surface area contributed by atoms with Crippen LogP contribution in [0.3, 0.4) is 0 Å². The zero-order valence-corrected chi connectivity index (χ0v) is 13.2. The summed E-state index contributed by atoms with van der Waals surface area (Å²) in [5, 5.41) is 4.53. The van der Waals surface area contributed by atoms with E-state index in [0.29, 0.717) is 0 Å². The van der Waals surface area contributed by atoms with Gasteiger partial charge in [0, 0.05) is 13.0 Å². The Bertz CT molecular complexity index is 601. The molecule has 0 aliphatic carbocycles. The molecule has 0 heterocycles. The molecular weight excluding hydrogens is 270 g/mol. The van der Waals surface area contributed by atoms with Gasteiger partial charge in [-0.25, -0.2) is 0 Å². The summed E-state index contributed by atoms with van der Waals surface area (Å²) >= 11 is 0. The molecule has 0 unspecified atom stereocenters. The van der Waals surface area contributed by atoms with Crippen molar-refractivity contribution >= 4 is 17.5 Å². The van der Waals surface area contributed by atoms with Gasteiger partial charge in [0.1, 0.15) is 0 Å². The largest absolute Gasteiger partial charge is 0.309 e. The predicted octanol–water partition coefficient (Wildman–Crippen LogP) is 4.12. The van der Waals surface area contributed by atoms with Gasteiger partial charge in [0.15, 0.2) is 0 Å². The Morgan fingerprint density at radius 3 is 2.27 bits per heavy atom. The summed E-state index contributed by atoms with van der Waals surface area (Å²) in [4.78, 5) is 2.16. The lowest BCUT2D eigenvalue weighted by Crippen LogP contribution is -2.16. The molecule has 114 valence electrons. The second-order valence-corrected chi connectivity index (χ2v) is 5.38. The number of para-hydroxylation sites is 1. The minimum absolute atomic E-state index is 0.899. The third kappa shape index (κ3) is 5.94. The molecule has 22 heavy (non-hydrogen) atoms. The van der Waals surface area contributed by atoms with Crippen molar-refractivity contribution in [2.45, 2.75) is 6.42 Å². The third-order valence-corrected chi connectivity index (χ3v) is 3.19. The van der Waals surface area contributed by atoms with Crippen molar-refractivity contribution in [3.8, 4) is 0 Å². The molecule has 2 aromatic carbocycles. The molecule has 0 bridgehead atoms. The number of nitrogens with one attached hydrogen (secondary N) is 1. The van der Waals surface area contributed by atoms with Crippen molar-refractivity contribution < 1.29 is 0 Å². The number of allylic oxidation sites excluding steroid dienone is 1. The quantitative estimate of drug-likeness (QED) is 0.614. The third-order valence-electron chi connectivity index (χ3n) is 3.19. The van der Waals surface area contributed by atoms with Crippen LogP contribution in [0.4, 0.5) is 5.69 Å². The molecule has 0 spiro atoms. The van der Waals surface area contributed by atoms with E-state index < -0.39 is 0 Å². The smallest absolute Gasteiger partial charge is 0.0620 e. The van der Waals surface area contributed by atoms with Gasteiger partial charge in [-0.15, -0.1) is 0 Å². The zero-order chi connectivity index (χ0) is 15.6. The molecule has 2 rings (SSSR count). The number of benzene rings is 2. The Balaban J connectivity index is 2.06. The molecule has 0 saturated heterocycles. The van der Waals surface area contributed by atoms with Crippen LogP contribution < -0.4 is 5.43 Å². The normalized spacial score (nSPS) is 12.0. The lowest BCUT2D eigenvalue weighted by molar-refractivity contribution is 0.422. The van der Waals surface area contributed by atoms with Crippen LogP contribution in [0.25, 0.3) is 6.08 Å². The first-order chi connectivity index (χ1) is 10.7. The highest BCUT2D eigenvalue weighted by Gasteiger charge is 1.98. The molecule has 0 atom stereocenters. The first kappa shape index (κ1) is 16.0. The van der Waals surface area contributed by atoms with Crippen LogP contribution in [0.15, 0.2) is 71.8 Å². The van der Waals surface area contributed by atoms with Crippen molar-refractivity contribution in [2.24, 2.45) is 5.10 Å². The minimum atomic E-state index is 0.899. The molecule has 0 aliphatic heterocycles. The van der Waals surface area contributed by atoms with Crippen LogP contribution in [-0.4, -0.2) is 31.3 Å². The topological polar surface area (TPSA) is 27.6 Å². The van der Waals surface area contributed by atoms with Crippen molar-refractivity contribution in [1.82, 2.24) is 4.90 Å². The molecule has 0 radical (unpaired) electrons. The average Bonchev–Trinajstić information content (AvgIpc) is 2.56. The number of hydrogen-bond acceptors (Lipinski definition) is 3. The van der Waals surface area contributed by atoms with Crippen LogP contribution in [0.1, 0.15) is 12.0 Å². The molecular formula is C19H23N3. The Hall–Kier alpha value is -2.39. The van der Waals surface area contributed by atoms with Gasteiger partial charge in [0.25, 0.3) is 0 Å². The van der Waals surface area contributed by atoms with Gasteiger partial charge in [0.2, 0.25) is 0 Å². The van der Waals surface area contributed by atoms with Crippen LogP contribution in [0.2, 0.25) is 0 Å². The number of hydrazone groups is 1. The van der Waals surface area contributed by atoms with Crippen molar-refractivity contribution in [3.05, 3.63) is 72.3 Å². The Kier molecular flexibility index (Phi) is 6.39. The lowest BCUT2D eigenvalue weighted by atomic mass is 10.1. The van der Waals surface area contributed by atoms with Crippen LogP contribution in [0, 0.1) is 0 Å². The van der Waals surface area contributed by atoms with Crippen molar-refractivity contribution in [3.63, 3.8) is 0 Å². The Morgan fingerprint density at radius 2 is 1.64 bits per heavy atom. The van der Waals surface area contributed by atoms with E-state index in [1.165, 1.54) is 5.56 Å². The van der Waals surface area contributed by atoms with Gasteiger partial charge >= 0.3 is 0 Å². The van der Waals surface area contributed by atoms with E-state index in [4.69, 9.17) is 0 Å². The van der Waals surface area contributed by atoms with Gasteiger partial charge < -0.3 is 4.90 Å². The summed E-state index contributed by atoms with van der Waals surface area (Å²) in [5.41, 5.74) is 6.33. The van der Waals surface area contributed by atoms with Crippen molar-refractivity contribution in [2.75, 3.05) is 26.1 Å². The van der Waals surface area contributed by atoms with E-state index in [1.807, 2.05) is 48.5 Å². The van der Waals surface area contributed by atoms with E-state index in [-0.39, 0.29) is 0 Å². The fraction of sp³-hybridized carbons (Fsp3) is 0.211. The summed E-state index contributed by atoms with van der Waals surface area (Å²) in [6, 6.07) is 20.3. The monoisotopic (exact) mass is 293 g/mol. The summed E-state index contributed by atoms with van der Waals surface area (Å²) in [5.74, 6) is 0. The fourth-order valence-corrected chi connectivity index (χ4v) is 1.92. The summed E-state index contributed by atoms with van der Waals surface area (Å²) in [6.07, 6.45) is 5.08. The molecule has 0 aromatic heterocycles. The standard InChI is InChI=1S/C19H23N3/c1-22(2)16-15-19(14-13-17-9-5-3-6-10-17)21-20-18-11-7-4-8-12-18/h3-14,20H,15-16H2,1-2H3/b14-13+,21-19+. The number of rotatable bonds is 7. The summed E-state index contributed by atoms with van der Waals surface area (Å²) in [7, 11) is 4.15. The van der Waals surface area contributed by atoms with Gasteiger partial charge in [0.05, 0.1) is 11.4 Å². The maximum atomic E-state index is 4.53. The number of hydrogen-bond donors (Lipinski definition) is 1. The molecule has 2 aromatic rings. The van der Waals surface area contributed by atoms with E-state index in [9.17, 15) is 0 Å². The SMILES string of the molecule is CN(C)CCC(/C=C/c1ccccc1)=N/Nc1ccccc1. The van der Waals surface area contributed by atoms with Crippen LogP contribution >= 0.6 is 0 Å². The first-order valence-electron chi connectivity index (χ1n) is 7.49. The summed E-state index contributed by atoms with van der Waals surface area (Å²) in [6.45, 7) is 0.967. The van der Waals surface area contributed by atoms with E-state index in [2.05, 4.69) is 53.8 Å². The van der Waals surface area contributed by atoms with E-state index in [1.54, 1.807) is 0 Å². The molecule has 0 saturated carbocycles. The van der Waals surface area contributed by atoms with Gasteiger partial charge in [-0.05, 0) is 37.9 Å². The van der Waals surface area contributed by atoms with Crippen LogP contribution in [0.5, 0.6) is 0 Å². The lowest BCUT2D eigenvalue weighted by Gasteiger charge is -2.09. The van der Waals surface area contributed by atoms with Gasteiger partial charge in [-0.2, -0.15) is 5.10 Å². The maximum absolute atomic E-state index is 4.53.